The van der Waals surface area contributed by atoms with Crippen LogP contribution in [0.25, 0.3) is 0 Å². The number of benzene rings is 2. The highest BCUT2D eigenvalue weighted by molar-refractivity contribution is 9.10. The summed E-state index contributed by atoms with van der Waals surface area (Å²) < 4.78 is 20.6. The highest BCUT2D eigenvalue weighted by atomic mass is 79.9. The number of rotatable bonds is 4. The lowest BCUT2D eigenvalue weighted by Crippen LogP contribution is -2.13. The van der Waals surface area contributed by atoms with Crippen LogP contribution in [0.15, 0.2) is 46.9 Å². The largest absolute Gasteiger partial charge is 0.454 e. The Morgan fingerprint density at radius 1 is 1.16 bits per heavy atom. The van der Waals surface area contributed by atoms with Gasteiger partial charge in [0.1, 0.15) is 5.75 Å². The molecule has 0 aliphatic heterocycles. The number of halogens is 2. The second kappa shape index (κ2) is 6.17. The maximum atomic E-state index is 13.9. The summed E-state index contributed by atoms with van der Waals surface area (Å²) in [6.45, 7) is 1.96. The van der Waals surface area contributed by atoms with Crippen molar-refractivity contribution in [3.05, 3.63) is 58.3 Å². The average molecular weight is 324 g/mol. The zero-order valence-electron chi connectivity index (χ0n) is 10.8. The van der Waals surface area contributed by atoms with Gasteiger partial charge in [0, 0.05) is 16.1 Å². The van der Waals surface area contributed by atoms with Gasteiger partial charge in [-0.1, -0.05) is 28.1 Å². The van der Waals surface area contributed by atoms with E-state index in [1.807, 2.05) is 32.2 Å². The first-order valence-electron chi connectivity index (χ1n) is 6.01. The lowest BCUT2D eigenvalue weighted by molar-refractivity contribution is 0.428. The lowest BCUT2D eigenvalue weighted by Gasteiger charge is -2.16. The van der Waals surface area contributed by atoms with Crippen molar-refractivity contribution in [2.24, 2.45) is 0 Å². The zero-order chi connectivity index (χ0) is 13.8. The first kappa shape index (κ1) is 14.0. The summed E-state index contributed by atoms with van der Waals surface area (Å²) in [6, 6.07) is 12.3. The molecular formula is C15H15BrFNO. The van der Waals surface area contributed by atoms with Crippen molar-refractivity contribution in [3.8, 4) is 11.5 Å². The molecule has 0 amide bonds. The van der Waals surface area contributed by atoms with E-state index in [9.17, 15) is 4.39 Å². The Bertz CT molecular complexity index is 557. The summed E-state index contributed by atoms with van der Waals surface area (Å²) in [5.41, 5.74) is 0.797. The van der Waals surface area contributed by atoms with Crippen LogP contribution in [0, 0.1) is 5.82 Å². The van der Waals surface area contributed by atoms with Crippen LogP contribution >= 0.6 is 15.9 Å². The number of hydrogen-bond acceptors (Lipinski definition) is 2. The molecule has 0 spiro atoms. The molecule has 1 atom stereocenters. The number of para-hydroxylation sites is 1. The van der Waals surface area contributed by atoms with Crippen molar-refractivity contribution in [2.75, 3.05) is 7.05 Å². The number of ether oxygens (including phenoxy) is 1. The van der Waals surface area contributed by atoms with Gasteiger partial charge in [-0.3, -0.25) is 0 Å². The summed E-state index contributed by atoms with van der Waals surface area (Å²) in [5, 5.41) is 3.09. The van der Waals surface area contributed by atoms with Gasteiger partial charge in [0.25, 0.3) is 0 Å². The molecule has 0 radical (unpaired) electrons. The van der Waals surface area contributed by atoms with E-state index in [0.29, 0.717) is 5.75 Å². The Balaban J connectivity index is 2.35. The van der Waals surface area contributed by atoms with Crippen molar-refractivity contribution >= 4 is 15.9 Å². The van der Waals surface area contributed by atoms with Crippen LogP contribution in [0.4, 0.5) is 4.39 Å². The first-order valence-corrected chi connectivity index (χ1v) is 6.80. The molecule has 0 aliphatic rings. The van der Waals surface area contributed by atoms with Crippen molar-refractivity contribution in [1.29, 1.82) is 0 Å². The summed E-state index contributed by atoms with van der Waals surface area (Å²) in [4.78, 5) is 0. The maximum Gasteiger partial charge on any atom is 0.167 e. The Labute approximate surface area is 120 Å². The Kier molecular flexibility index (Phi) is 4.56. The van der Waals surface area contributed by atoms with Crippen molar-refractivity contribution in [3.63, 3.8) is 0 Å². The normalized spacial score (nSPS) is 12.2. The summed E-state index contributed by atoms with van der Waals surface area (Å²) in [5.74, 6) is 0.520. The van der Waals surface area contributed by atoms with E-state index in [4.69, 9.17) is 4.74 Å². The van der Waals surface area contributed by atoms with Crippen LogP contribution in [-0.4, -0.2) is 7.05 Å². The molecule has 0 aromatic heterocycles. The third-order valence-corrected chi connectivity index (χ3v) is 3.46. The van der Waals surface area contributed by atoms with Crippen LogP contribution in [-0.2, 0) is 0 Å². The molecule has 4 heteroatoms. The van der Waals surface area contributed by atoms with Gasteiger partial charge in [-0.25, -0.2) is 4.39 Å². The maximum absolute atomic E-state index is 13.9. The fourth-order valence-corrected chi connectivity index (χ4v) is 2.01. The number of hydrogen-bond donors (Lipinski definition) is 1. The van der Waals surface area contributed by atoms with Gasteiger partial charge in [0.05, 0.1) is 0 Å². The minimum Gasteiger partial charge on any atom is -0.454 e. The Morgan fingerprint density at radius 3 is 2.47 bits per heavy atom. The third-order valence-electron chi connectivity index (χ3n) is 2.93. The van der Waals surface area contributed by atoms with Gasteiger partial charge >= 0.3 is 0 Å². The van der Waals surface area contributed by atoms with Crippen LogP contribution in [0.5, 0.6) is 11.5 Å². The predicted octanol–water partition coefficient (Wildman–Crippen LogP) is 4.66. The Hall–Kier alpha value is -1.39. The van der Waals surface area contributed by atoms with Crippen molar-refractivity contribution in [1.82, 2.24) is 5.32 Å². The number of nitrogens with one attached hydrogen (secondary N) is 1. The molecular weight excluding hydrogens is 309 g/mol. The second-order valence-electron chi connectivity index (χ2n) is 4.22. The van der Waals surface area contributed by atoms with Crippen LogP contribution in [0.2, 0.25) is 0 Å². The van der Waals surface area contributed by atoms with Crippen LogP contribution in [0.3, 0.4) is 0 Å². The molecule has 100 valence electrons. The molecule has 0 saturated heterocycles. The smallest absolute Gasteiger partial charge is 0.167 e. The van der Waals surface area contributed by atoms with Gasteiger partial charge in [-0.2, -0.15) is 0 Å². The van der Waals surface area contributed by atoms with Gasteiger partial charge in [0.15, 0.2) is 11.6 Å². The van der Waals surface area contributed by atoms with Crippen LogP contribution in [0.1, 0.15) is 18.5 Å². The predicted molar refractivity (Wildman–Crippen MR) is 78.1 cm³/mol. The highest BCUT2D eigenvalue weighted by Crippen LogP contribution is 2.32. The lowest BCUT2D eigenvalue weighted by atomic mass is 10.1. The molecule has 0 fully saturated rings. The molecule has 2 rings (SSSR count). The van der Waals surface area contributed by atoms with Crippen LogP contribution < -0.4 is 10.1 Å². The molecule has 0 bridgehead atoms. The summed E-state index contributed by atoms with van der Waals surface area (Å²) in [7, 11) is 1.83. The van der Waals surface area contributed by atoms with E-state index >= 15 is 0 Å². The zero-order valence-corrected chi connectivity index (χ0v) is 12.4. The molecule has 2 aromatic rings. The van der Waals surface area contributed by atoms with Crippen molar-refractivity contribution < 1.29 is 9.13 Å². The van der Waals surface area contributed by atoms with Gasteiger partial charge < -0.3 is 10.1 Å². The molecule has 1 N–H and O–H groups in total. The molecule has 1 unspecified atom stereocenters. The quantitative estimate of drug-likeness (QED) is 0.883. The third kappa shape index (κ3) is 3.33. The SMILES string of the molecule is CNC(C)c1cccc(F)c1Oc1ccc(Br)cc1. The average Bonchev–Trinajstić information content (AvgIpc) is 2.42. The minimum atomic E-state index is -0.359. The van der Waals surface area contributed by atoms with Gasteiger partial charge in [-0.05, 0) is 44.3 Å². The molecule has 19 heavy (non-hydrogen) atoms. The monoisotopic (exact) mass is 323 g/mol. The minimum absolute atomic E-state index is 0.0150. The van der Waals surface area contributed by atoms with E-state index in [0.717, 1.165) is 10.0 Å². The van der Waals surface area contributed by atoms with E-state index < -0.39 is 0 Å². The molecule has 0 aliphatic carbocycles. The molecule has 2 nitrogen and oxygen atoms in total. The highest BCUT2D eigenvalue weighted by Gasteiger charge is 2.15. The molecule has 0 saturated carbocycles. The van der Waals surface area contributed by atoms with E-state index in [-0.39, 0.29) is 17.6 Å². The second-order valence-corrected chi connectivity index (χ2v) is 5.14. The van der Waals surface area contributed by atoms with Gasteiger partial charge in [0.2, 0.25) is 0 Å². The standard InChI is InChI=1S/C15H15BrFNO/c1-10(18-2)13-4-3-5-14(17)15(13)19-12-8-6-11(16)7-9-12/h3-10,18H,1-2H3. The summed E-state index contributed by atoms with van der Waals surface area (Å²) >= 11 is 3.35. The fourth-order valence-electron chi connectivity index (χ4n) is 1.75. The van der Waals surface area contributed by atoms with E-state index in [1.165, 1.54) is 6.07 Å². The molecule has 0 heterocycles. The fraction of sp³-hybridized carbons (Fsp3) is 0.200. The topological polar surface area (TPSA) is 21.3 Å². The molecule has 2 aromatic carbocycles. The van der Waals surface area contributed by atoms with E-state index in [1.54, 1.807) is 18.2 Å². The van der Waals surface area contributed by atoms with E-state index in [2.05, 4.69) is 21.2 Å². The van der Waals surface area contributed by atoms with Crippen molar-refractivity contribution in [2.45, 2.75) is 13.0 Å². The Morgan fingerprint density at radius 2 is 1.84 bits per heavy atom. The first-order chi connectivity index (χ1) is 9.11. The van der Waals surface area contributed by atoms with Gasteiger partial charge in [-0.15, -0.1) is 0 Å². The summed E-state index contributed by atoms with van der Waals surface area (Å²) in [6.07, 6.45) is 0.